The molecule has 0 amide bonds. The van der Waals surface area contributed by atoms with Crippen LogP contribution in [0.4, 0.5) is 0 Å². The van der Waals surface area contributed by atoms with E-state index >= 15 is 0 Å². The summed E-state index contributed by atoms with van der Waals surface area (Å²) in [4.78, 5) is 5.18. The summed E-state index contributed by atoms with van der Waals surface area (Å²) in [7, 11) is 0. The lowest BCUT2D eigenvalue weighted by atomic mass is 10.1. The van der Waals surface area contributed by atoms with E-state index in [1.807, 2.05) is 12.1 Å². The zero-order valence-electron chi connectivity index (χ0n) is 12.4. The second-order valence-corrected chi connectivity index (χ2v) is 6.25. The maximum absolute atomic E-state index is 5.90. The van der Waals surface area contributed by atoms with Crippen LogP contribution in [0.15, 0.2) is 28.7 Å². The first-order valence-electron chi connectivity index (χ1n) is 8.01. The Balaban J connectivity index is 1.51. The Bertz CT molecular complexity index is 624. The van der Waals surface area contributed by atoms with Crippen molar-refractivity contribution in [3.8, 4) is 0 Å². The van der Waals surface area contributed by atoms with Crippen molar-refractivity contribution < 1.29 is 4.42 Å². The fourth-order valence-corrected chi connectivity index (χ4v) is 3.44. The predicted molar refractivity (Wildman–Crippen MR) is 84.0 cm³/mol. The molecule has 112 valence electrons. The van der Waals surface area contributed by atoms with Gasteiger partial charge in [0.25, 0.3) is 0 Å². The van der Waals surface area contributed by atoms with Crippen molar-refractivity contribution in [2.24, 2.45) is 5.73 Å². The lowest BCUT2D eigenvalue weighted by Crippen LogP contribution is -2.46. The smallest absolute Gasteiger partial charge is 0.134 e. The van der Waals surface area contributed by atoms with E-state index in [-0.39, 0.29) is 0 Å². The minimum Gasteiger partial charge on any atom is -0.459 e. The van der Waals surface area contributed by atoms with Gasteiger partial charge in [0.1, 0.15) is 11.3 Å². The van der Waals surface area contributed by atoms with E-state index in [4.69, 9.17) is 10.2 Å². The summed E-state index contributed by atoms with van der Waals surface area (Å²) in [6, 6.07) is 9.16. The fourth-order valence-electron chi connectivity index (χ4n) is 3.44. The molecule has 2 fully saturated rings. The second kappa shape index (κ2) is 5.44. The molecule has 0 unspecified atom stereocenters. The topological polar surface area (TPSA) is 45.6 Å². The third-order valence-corrected chi connectivity index (χ3v) is 4.82. The van der Waals surface area contributed by atoms with E-state index < -0.39 is 0 Å². The summed E-state index contributed by atoms with van der Waals surface area (Å²) in [6.45, 7) is 6.16. The minimum atomic E-state index is 0.478. The van der Waals surface area contributed by atoms with Crippen LogP contribution < -0.4 is 5.73 Å². The van der Waals surface area contributed by atoms with Crippen LogP contribution in [0.2, 0.25) is 0 Å². The Morgan fingerprint density at radius 3 is 2.57 bits per heavy atom. The third-order valence-electron chi connectivity index (χ3n) is 4.82. The summed E-state index contributed by atoms with van der Waals surface area (Å²) in [6.07, 6.45) is 2.81. The van der Waals surface area contributed by atoms with Gasteiger partial charge in [-0.25, -0.2) is 0 Å². The number of benzene rings is 1. The number of rotatable bonds is 4. The van der Waals surface area contributed by atoms with E-state index in [0.717, 1.165) is 37.0 Å². The number of para-hydroxylation sites is 1. The first-order chi connectivity index (χ1) is 10.3. The molecular weight excluding hydrogens is 262 g/mol. The third kappa shape index (κ3) is 2.59. The van der Waals surface area contributed by atoms with Gasteiger partial charge in [0.15, 0.2) is 0 Å². The number of hydrogen-bond donors (Lipinski definition) is 1. The summed E-state index contributed by atoms with van der Waals surface area (Å²) < 4.78 is 5.90. The van der Waals surface area contributed by atoms with E-state index in [9.17, 15) is 0 Å². The molecule has 2 aliphatic rings. The van der Waals surface area contributed by atoms with E-state index in [2.05, 4.69) is 21.9 Å². The molecule has 2 aromatic rings. The number of hydrogen-bond acceptors (Lipinski definition) is 4. The first-order valence-corrected chi connectivity index (χ1v) is 8.01. The first kappa shape index (κ1) is 13.3. The highest BCUT2D eigenvalue weighted by Gasteiger charge is 2.31. The molecule has 0 radical (unpaired) electrons. The molecule has 4 nitrogen and oxygen atoms in total. The maximum Gasteiger partial charge on any atom is 0.134 e. The van der Waals surface area contributed by atoms with Crippen LogP contribution in [-0.2, 0) is 13.1 Å². The molecule has 2 N–H and O–H groups in total. The van der Waals surface area contributed by atoms with Gasteiger partial charge in [-0.1, -0.05) is 18.2 Å². The Labute approximate surface area is 125 Å². The highest BCUT2D eigenvalue weighted by Crippen LogP contribution is 2.29. The SMILES string of the molecule is NCc1oc2ccccc2c1CN1CCN(C2CC2)CC1. The molecule has 4 rings (SSSR count). The van der Waals surface area contributed by atoms with E-state index in [1.165, 1.54) is 36.9 Å². The molecule has 0 bridgehead atoms. The van der Waals surface area contributed by atoms with Gasteiger partial charge in [-0.15, -0.1) is 0 Å². The van der Waals surface area contributed by atoms with Crippen LogP contribution in [0.1, 0.15) is 24.2 Å². The van der Waals surface area contributed by atoms with Gasteiger partial charge in [0, 0.05) is 49.7 Å². The summed E-state index contributed by atoms with van der Waals surface area (Å²) in [5, 5.41) is 1.22. The number of furan rings is 1. The monoisotopic (exact) mass is 285 g/mol. The number of nitrogens with two attached hydrogens (primary N) is 1. The van der Waals surface area contributed by atoms with Crippen molar-refractivity contribution in [1.29, 1.82) is 0 Å². The summed E-state index contributed by atoms with van der Waals surface area (Å²) >= 11 is 0. The van der Waals surface area contributed by atoms with E-state index in [1.54, 1.807) is 0 Å². The van der Waals surface area contributed by atoms with Gasteiger partial charge < -0.3 is 10.2 Å². The molecule has 2 heterocycles. The molecular formula is C17H23N3O. The highest BCUT2D eigenvalue weighted by atomic mass is 16.3. The van der Waals surface area contributed by atoms with E-state index in [0.29, 0.717) is 6.54 Å². The highest BCUT2D eigenvalue weighted by molar-refractivity contribution is 5.82. The van der Waals surface area contributed by atoms with Crippen LogP contribution in [0.3, 0.4) is 0 Å². The molecule has 21 heavy (non-hydrogen) atoms. The number of fused-ring (bicyclic) bond motifs is 1. The van der Waals surface area contributed by atoms with Crippen LogP contribution >= 0.6 is 0 Å². The molecule has 1 saturated carbocycles. The second-order valence-electron chi connectivity index (χ2n) is 6.25. The van der Waals surface area contributed by atoms with Gasteiger partial charge in [-0.3, -0.25) is 9.80 Å². The largest absolute Gasteiger partial charge is 0.459 e. The summed E-state index contributed by atoms with van der Waals surface area (Å²) in [5.41, 5.74) is 8.12. The maximum atomic E-state index is 5.90. The Morgan fingerprint density at radius 2 is 1.86 bits per heavy atom. The van der Waals surface area contributed by atoms with Crippen molar-refractivity contribution in [2.45, 2.75) is 32.0 Å². The van der Waals surface area contributed by atoms with Gasteiger partial charge in [-0.2, -0.15) is 0 Å². The Morgan fingerprint density at radius 1 is 1.10 bits per heavy atom. The molecule has 0 spiro atoms. The van der Waals surface area contributed by atoms with Crippen molar-refractivity contribution in [2.75, 3.05) is 26.2 Å². The Hall–Kier alpha value is -1.36. The standard InChI is InChI=1S/C17H23N3O/c18-11-17-15(14-3-1-2-4-16(14)21-17)12-19-7-9-20(10-8-19)13-5-6-13/h1-4,13H,5-12,18H2. The lowest BCUT2D eigenvalue weighted by molar-refractivity contribution is 0.121. The molecule has 1 aliphatic carbocycles. The molecule has 1 saturated heterocycles. The number of nitrogens with zero attached hydrogens (tertiary/aromatic N) is 2. The average Bonchev–Trinajstić information content (AvgIpc) is 3.32. The Kier molecular flexibility index (Phi) is 3.45. The van der Waals surface area contributed by atoms with Crippen molar-refractivity contribution >= 4 is 11.0 Å². The van der Waals surface area contributed by atoms with Crippen molar-refractivity contribution in [3.05, 3.63) is 35.6 Å². The number of piperazine rings is 1. The molecule has 1 aromatic heterocycles. The van der Waals surface area contributed by atoms with Crippen LogP contribution in [0, 0.1) is 0 Å². The fraction of sp³-hybridized carbons (Fsp3) is 0.529. The zero-order valence-corrected chi connectivity index (χ0v) is 12.4. The van der Waals surface area contributed by atoms with Crippen LogP contribution in [-0.4, -0.2) is 42.0 Å². The molecule has 1 aliphatic heterocycles. The quantitative estimate of drug-likeness (QED) is 0.935. The van der Waals surface area contributed by atoms with Gasteiger partial charge >= 0.3 is 0 Å². The molecule has 4 heteroatoms. The minimum absolute atomic E-state index is 0.478. The van der Waals surface area contributed by atoms with Gasteiger partial charge in [0.2, 0.25) is 0 Å². The van der Waals surface area contributed by atoms with Crippen LogP contribution in [0.25, 0.3) is 11.0 Å². The van der Waals surface area contributed by atoms with Gasteiger partial charge in [-0.05, 0) is 18.9 Å². The summed E-state index contributed by atoms with van der Waals surface area (Å²) in [5.74, 6) is 0.945. The molecule has 0 atom stereocenters. The predicted octanol–water partition coefficient (Wildman–Crippen LogP) is 2.17. The van der Waals surface area contributed by atoms with Crippen LogP contribution in [0.5, 0.6) is 0 Å². The lowest BCUT2D eigenvalue weighted by Gasteiger charge is -2.34. The molecule has 1 aromatic carbocycles. The normalized spacial score (nSPS) is 21.2. The zero-order chi connectivity index (χ0) is 14.2. The van der Waals surface area contributed by atoms with Crippen molar-refractivity contribution in [3.63, 3.8) is 0 Å². The van der Waals surface area contributed by atoms with Crippen molar-refractivity contribution in [1.82, 2.24) is 9.80 Å². The average molecular weight is 285 g/mol. The van der Waals surface area contributed by atoms with Gasteiger partial charge in [0.05, 0.1) is 6.54 Å².